The molecular weight excluding hydrogens is 390 g/mol. The molecule has 9 nitrogen and oxygen atoms in total. The van der Waals surface area contributed by atoms with Gasteiger partial charge in [-0.1, -0.05) is 33.1 Å². The molecule has 1 heterocycles. The molecule has 3 rings (SSSR count). The Morgan fingerprint density at radius 2 is 1.80 bits per heavy atom. The highest BCUT2D eigenvalue weighted by Gasteiger charge is 2.52. The number of ether oxygens (including phenoxy) is 2. The van der Waals surface area contributed by atoms with Gasteiger partial charge in [0.25, 0.3) is 11.8 Å². The first kappa shape index (κ1) is 21.6. The van der Waals surface area contributed by atoms with E-state index in [1.807, 2.05) is 13.8 Å². The molecular formula is C21H27N3O6. The predicted octanol–water partition coefficient (Wildman–Crippen LogP) is 2.16. The van der Waals surface area contributed by atoms with E-state index in [-0.39, 0.29) is 5.56 Å². The van der Waals surface area contributed by atoms with Gasteiger partial charge in [-0.05, 0) is 43.0 Å². The van der Waals surface area contributed by atoms with E-state index in [9.17, 15) is 19.2 Å². The Kier molecular flexibility index (Phi) is 6.59. The highest BCUT2D eigenvalue weighted by Crippen LogP contribution is 2.32. The van der Waals surface area contributed by atoms with Crippen LogP contribution in [0.25, 0.3) is 0 Å². The molecule has 4 amide bonds. The van der Waals surface area contributed by atoms with Crippen LogP contribution in [0.3, 0.4) is 0 Å². The zero-order valence-corrected chi connectivity index (χ0v) is 17.2. The Balaban J connectivity index is 1.49. The van der Waals surface area contributed by atoms with E-state index in [2.05, 4.69) is 10.7 Å². The van der Waals surface area contributed by atoms with Crippen molar-refractivity contribution in [3.63, 3.8) is 0 Å². The number of amides is 4. The number of rotatable bonds is 7. The standard InChI is InChI=1S/C21H27N3O6/c1-14(2)12-29-16-8-6-15(7-9-16)18(26)30-13-17(25)23-24-19(27)21(22-20(24)28)10-4-3-5-11-21/h6-9,14H,3-5,10-13H2,1-2H3,(H,22,28)(H,23,25). The maximum absolute atomic E-state index is 12.6. The van der Waals surface area contributed by atoms with Gasteiger partial charge in [-0.2, -0.15) is 5.01 Å². The Morgan fingerprint density at radius 3 is 2.43 bits per heavy atom. The van der Waals surface area contributed by atoms with Crippen molar-refractivity contribution in [2.45, 2.75) is 51.5 Å². The lowest BCUT2D eigenvalue weighted by atomic mass is 9.82. The number of nitrogens with zero attached hydrogens (tertiary/aromatic N) is 1. The van der Waals surface area contributed by atoms with E-state index < -0.39 is 36.0 Å². The minimum absolute atomic E-state index is 0.260. The highest BCUT2D eigenvalue weighted by atomic mass is 16.5. The first-order valence-corrected chi connectivity index (χ1v) is 10.2. The lowest BCUT2D eigenvalue weighted by Gasteiger charge is -2.30. The molecule has 1 aromatic carbocycles. The molecule has 30 heavy (non-hydrogen) atoms. The molecule has 2 N–H and O–H groups in total. The first-order valence-electron chi connectivity index (χ1n) is 10.2. The van der Waals surface area contributed by atoms with E-state index in [0.29, 0.717) is 36.1 Å². The zero-order valence-electron chi connectivity index (χ0n) is 17.2. The van der Waals surface area contributed by atoms with Crippen LogP contribution in [0.15, 0.2) is 24.3 Å². The van der Waals surface area contributed by atoms with Crippen molar-refractivity contribution >= 4 is 23.8 Å². The van der Waals surface area contributed by atoms with Gasteiger partial charge in [0.1, 0.15) is 11.3 Å². The Morgan fingerprint density at radius 1 is 1.13 bits per heavy atom. The molecule has 9 heteroatoms. The molecule has 1 saturated heterocycles. The smallest absolute Gasteiger partial charge is 0.344 e. The summed E-state index contributed by atoms with van der Waals surface area (Å²) >= 11 is 0. The fourth-order valence-electron chi connectivity index (χ4n) is 3.54. The average Bonchev–Trinajstić information content (AvgIpc) is 2.95. The van der Waals surface area contributed by atoms with Gasteiger partial charge in [-0.3, -0.25) is 15.0 Å². The monoisotopic (exact) mass is 417 g/mol. The molecule has 2 aliphatic rings. The quantitative estimate of drug-likeness (QED) is 0.519. The third-order valence-corrected chi connectivity index (χ3v) is 5.11. The number of carbonyl (C=O) groups is 4. The summed E-state index contributed by atoms with van der Waals surface area (Å²) in [4.78, 5) is 49.0. The molecule has 1 saturated carbocycles. The van der Waals surface area contributed by atoms with Crippen LogP contribution in [-0.4, -0.2) is 47.6 Å². The second-order valence-electron chi connectivity index (χ2n) is 8.05. The van der Waals surface area contributed by atoms with E-state index in [4.69, 9.17) is 9.47 Å². The van der Waals surface area contributed by atoms with Gasteiger partial charge in [0.05, 0.1) is 12.2 Å². The van der Waals surface area contributed by atoms with Crippen molar-refractivity contribution in [3.8, 4) is 5.75 Å². The summed E-state index contributed by atoms with van der Waals surface area (Å²) in [7, 11) is 0. The van der Waals surface area contributed by atoms with Crippen LogP contribution >= 0.6 is 0 Å². The molecule has 1 aromatic rings. The Hall–Kier alpha value is -3.10. The van der Waals surface area contributed by atoms with Crippen molar-refractivity contribution in [3.05, 3.63) is 29.8 Å². The van der Waals surface area contributed by atoms with Crippen LogP contribution in [0.4, 0.5) is 4.79 Å². The van der Waals surface area contributed by atoms with Gasteiger partial charge in [-0.25, -0.2) is 9.59 Å². The average molecular weight is 417 g/mol. The van der Waals surface area contributed by atoms with Gasteiger partial charge in [0.15, 0.2) is 6.61 Å². The van der Waals surface area contributed by atoms with Gasteiger partial charge >= 0.3 is 12.0 Å². The van der Waals surface area contributed by atoms with Crippen molar-refractivity contribution in [1.29, 1.82) is 0 Å². The van der Waals surface area contributed by atoms with Crippen molar-refractivity contribution in [1.82, 2.24) is 15.8 Å². The summed E-state index contributed by atoms with van der Waals surface area (Å²) in [6, 6.07) is 5.71. The van der Waals surface area contributed by atoms with Crippen LogP contribution in [0.1, 0.15) is 56.3 Å². The van der Waals surface area contributed by atoms with Crippen LogP contribution in [0, 0.1) is 5.92 Å². The summed E-state index contributed by atoms with van der Waals surface area (Å²) in [6.45, 7) is 4.01. The fraction of sp³-hybridized carbons (Fsp3) is 0.524. The molecule has 2 fully saturated rings. The Bertz CT molecular complexity index is 815. The number of carbonyl (C=O) groups excluding carboxylic acids is 4. The SMILES string of the molecule is CC(C)COc1ccc(C(=O)OCC(=O)NN2C(=O)NC3(CCCCC3)C2=O)cc1. The molecule has 0 bridgehead atoms. The number of hydrazine groups is 1. The largest absolute Gasteiger partial charge is 0.493 e. The number of benzene rings is 1. The second kappa shape index (κ2) is 9.15. The Labute approximate surface area is 175 Å². The van der Waals surface area contributed by atoms with E-state index >= 15 is 0 Å². The van der Waals surface area contributed by atoms with Crippen molar-refractivity contribution in [2.24, 2.45) is 5.92 Å². The summed E-state index contributed by atoms with van der Waals surface area (Å²) in [5.74, 6) is -0.916. The molecule has 0 unspecified atom stereocenters. The zero-order chi connectivity index (χ0) is 21.7. The number of hydrogen-bond donors (Lipinski definition) is 2. The van der Waals surface area contributed by atoms with Crippen LogP contribution < -0.4 is 15.5 Å². The normalized spacial score (nSPS) is 17.8. The summed E-state index contributed by atoms with van der Waals surface area (Å²) in [5.41, 5.74) is 1.56. The molecule has 0 radical (unpaired) electrons. The minimum atomic E-state index is -0.932. The maximum Gasteiger partial charge on any atom is 0.344 e. The third-order valence-electron chi connectivity index (χ3n) is 5.11. The fourth-order valence-corrected chi connectivity index (χ4v) is 3.54. The summed E-state index contributed by atoms with van der Waals surface area (Å²) < 4.78 is 10.5. The number of nitrogens with one attached hydrogen (secondary N) is 2. The van der Waals surface area contributed by atoms with Crippen LogP contribution in [-0.2, 0) is 14.3 Å². The van der Waals surface area contributed by atoms with E-state index in [0.717, 1.165) is 19.3 Å². The van der Waals surface area contributed by atoms with Gasteiger partial charge < -0.3 is 14.8 Å². The van der Waals surface area contributed by atoms with Gasteiger partial charge in [0, 0.05) is 0 Å². The minimum Gasteiger partial charge on any atom is -0.493 e. The molecule has 162 valence electrons. The maximum atomic E-state index is 12.6. The molecule has 1 aliphatic heterocycles. The summed E-state index contributed by atoms with van der Waals surface area (Å²) in [5, 5.41) is 3.37. The number of esters is 1. The lowest BCUT2D eigenvalue weighted by molar-refractivity contribution is -0.140. The lowest BCUT2D eigenvalue weighted by Crippen LogP contribution is -2.51. The molecule has 0 atom stereocenters. The topological polar surface area (TPSA) is 114 Å². The first-order chi connectivity index (χ1) is 14.3. The second-order valence-corrected chi connectivity index (χ2v) is 8.05. The molecule has 0 aromatic heterocycles. The summed E-state index contributed by atoms with van der Waals surface area (Å²) in [6.07, 6.45) is 3.79. The van der Waals surface area contributed by atoms with E-state index in [1.165, 1.54) is 0 Å². The van der Waals surface area contributed by atoms with Crippen LogP contribution in [0.2, 0.25) is 0 Å². The molecule has 1 aliphatic carbocycles. The number of hydrogen-bond acceptors (Lipinski definition) is 6. The van der Waals surface area contributed by atoms with Crippen LogP contribution in [0.5, 0.6) is 5.75 Å². The predicted molar refractivity (Wildman–Crippen MR) is 106 cm³/mol. The van der Waals surface area contributed by atoms with Crippen molar-refractivity contribution < 1.29 is 28.7 Å². The number of urea groups is 1. The highest BCUT2D eigenvalue weighted by molar-refractivity contribution is 6.08. The van der Waals surface area contributed by atoms with E-state index in [1.54, 1.807) is 24.3 Å². The van der Waals surface area contributed by atoms with Gasteiger partial charge in [0.2, 0.25) is 0 Å². The van der Waals surface area contributed by atoms with Crippen molar-refractivity contribution in [2.75, 3.05) is 13.2 Å². The number of imide groups is 1. The molecule has 1 spiro atoms. The van der Waals surface area contributed by atoms with Gasteiger partial charge in [-0.15, -0.1) is 0 Å². The third kappa shape index (κ3) is 4.90.